The summed E-state index contributed by atoms with van der Waals surface area (Å²) < 4.78 is 0. The molecular formula is C12H10O2S. The molecule has 3 heteroatoms. The van der Waals surface area contributed by atoms with E-state index in [4.69, 9.17) is 0 Å². The number of rotatable bonds is 2. The molecule has 0 unspecified atom stereocenters. The third-order valence-electron chi connectivity index (χ3n) is 1.91. The highest BCUT2D eigenvalue weighted by atomic mass is 32.2. The molecule has 0 aliphatic heterocycles. The Morgan fingerprint density at radius 3 is 2.33 bits per heavy atom. The molecule has 0 amide bonds. The van der Waals surface area contributed by atoms with Crippen LogP contribution in [0.25, 0.3) is 0 Å². The Hall–Kier alpha value is -1.61. The Bertz CT molecular complexity index is 454. The van der Waals surface area contributed by atoms with E-state index in [-0.39, 0.29) is 11.5 Å². The molecule has 2 N–H and O–H groups in total. The minimum absolute atomic E-state index is 0.159. The van der Waals surface area contributed by atoms with Gasteiger partial charge in [-0.05, 0) is 30.3 Å². The van der Waals surface area contributed by atoms with Crippen LogP contribution < -0.4 is 0 Å². The predicted molar refractivity (Wildman–Crippen MR) is 60.3 cm³/mol. The van der Waals surface area contributed by atoms with Crippen LogP contribution in [0.15, 0.2) is 58.3 Å². The Labute approximate surface area is 92.2 Å². The van der Waals surface area contributed by atoms with Crippen LogP contribution in [0.1, 0.15) is 0 Å². The minimum atomic E-state index is 0.159. The van der Waals surface area contributed by atoms with E-state index in [2.05, 4.69) is 0 Å². The number of phenols is 2. The van der Waals surface area contributed by atoms with Crippen molar-refractivity contribution in [1.29, 1.82) is 0 Å². The molecule has 2 aromatic rings. The zero-order chi connectivity index (χ0) is 10.7. The van der Waals surface area contributed by atoms with E-state index in [9.17, 15) is 10.2 Å². The third kappa shape index (κ3) is 2.44. The molecule has 0 aromatic heterocycles. The number of hydrogen-bond donors (Lipinski definition) is 2. The molecule has 76 valence electrons. The molecule has 0 atom stereocenters. The molecule has 0 fully saturated rings. The summed E-state index contributed by atoms with van der Waals surface area (Å²) in [6.45, 7) is 0. The van der Waals surface area contributed by atoms with E-state index in [1.807, 2.05) is 30.3 Å². The minimum Gasteiger partial charge on any atom is -0.508 e. The summed E-state index contributed by atoms with van der Waals surface area (Å²) in [6, 6.07) is 14.2. The van der Waals surface area contributed by atoms with Gasteiger partial charge in [-0.15, -0.1) is 0 Å². The van der Waals surface area contributed by atoms with E-state index >= 15 is 0 Å². The summed E-state index contributed by atoms with van der Waals surface area (Å²) in [7, 11) is 0. The van der Waals surface area contributed by atoms with Gasteiger partial charge < -0.3 is 10.2 Å². The van der Waals surface area contributed by atoms with Crippen LogP contribution in [0.3, 0.4) is 0 Å². The van der Waals surface area contributed by atoms with Gasteiger partial charge in [0, 0.05) is 4.90 Å². The topological polar surface area (TPSA) is 40.5 Å². The maximum atomic E-state index is 9.56. The predicted octanol–water partition coefficient (Wildman–Crippen LogP) is 3.25. The van der Waals surface area contributed by atoms with E-state index in [0.29, 0.717) is 4.90 Å². The number of benzene rings is 2. The zero-order valence-electron chi connectivity index (χ0n) is 7.92. The maximum absolute atomic E-state index is 9.56. The molecule has 0 radical (unpaired) electrons. The summed E-state index contributed by atoms with van der Waals surface area (Å²) in [6.07, 6.45) is 0. The quantitative estimate of drug-likeness (QED) is 0.760. The van der Waals surface area contributed by atoms with Crippen molar-refractivity contribution in [3.8, 4) is 11.5 Å². The van der Waals surface area contributed by atoms with Crippen LogP contribution in [0.4, 0.5) is 0 Å². The molecular weight excluding hydrogens is 208 g/mol. The first kappa shape index (κ1) is 9.93. The summed E-state index contributed by atoms with van der Waals surface area (Å²) >= 11 is 1.42. The molecule has 0 aliphatic carbocycles. The average molecular weight is 218 g/mol. The summed E-state index contributed by atoms with van der Waals surface area (Å²) in [5.41, 5.74) is 0. The molecule has 0 bridgehead atoms. The second kappa shape index (κ2) is 4.28. The summed E-state index contributed by atoms with van der Waals surface area (Å²) in [4.78, 5) is 1.68. The van der Waals surface area contributed by atoms with Crippen molar-refractivity contribution in [3.05, 3.63) is 48.5 Å². The molecule has 0 spiro atoms. The van der Waals surface area contributed by atoms with Gasteiger partial charge in [-0.2, -0.15) is 0 Å². The second-order valence-electron chi connectivity index (χ2n) is 3.07. The summed E-state index contributed by atoms with van der Waals surface area (Å²) in [5.74, 6) is 0.341. The van der Waals surface area contributed by atoms with Gasteiger partial charge in [-0.3, -0.25) is 0 Å². The lowest BCUT2D eigenvalue weighted by atomic mass is 10.3. The standard InChI is InChI=1S/C12H10O2S/c13-9-6-7-11(14)12(8-9)15-10-4-2-1-3-5-10/h1-8,13-14H. The molecule has 2 aromatic carbocycles. The van der Waals surface area contributed by atoms with E-state index in [1.54, 1.807) is 6.07 Å². The van der Waals surface area contributed by atoms with Crippen molar-refractivity contribution in [2.24, 2.45) is 0 Å². The largest absolute Gasteiger partial charge is 0.508 e. The lowest BCUT2D eigenvalue weighted by molar-refractivity contribution is 0.448. The first-order valence-corrected chi connectivity index (χ1v) is 5.32. The van der Waals surface area contributed by atoms with Gasteiger partial charge in [0.05, 0.1) is 4.90 Å². The first-order valence-electron chi connectivity index (χ1n) is 4.50. The maximum Gasteiger partial charge on any atom is 0.129 e. The smallest absolute Gasteiger partial charge is 0.129 e. The van der Waals surface area contributed by atoms with E-state index in [1.165, 1.54) is 23.9 Å². The second-order valence-corrected chi connectivity index (χ2v) is 4.18. The van der Waals surface area contributed by atoms with Crippen molar-refractivity contribution >= 4 is 11.8 Å². The van der Waals surface area contributed by atoms with Crippen LogP contribution >= 0.6 is 11.8 Å². The van der Waals surface area contributed by atoms with Crippen LogP contribution in [-0.2, 0) is 0 Å². The first-order chi connectivity index (χ1) is 7.25. The van der Waals surface area contributed by atoms with Gasteiger partial charge in [0.15, 0.2) is 0 Å². The van der Waals surface area contributed by atoms with Gasteiger partial charge in [0.25, 0.3) is 0 Å². The fourth-order valence-electron chi connectivity index (χ4n) is 1.20. The molecule has 0 aliphatic rings. The highest BCUT2D eigenvalue weighted by Gasteiger charge is 2.03. The van der Waals surface area contributed by atoms with Crippen molar-refractivity contribution in [3.63, 3.8) is 0 Å². The fourth-order valence-corrected chi connectivity index (χ4v) is 2.10. The van der Waals surface area contributed by atoms with Gasteiger partial charge >= 0.3 is 0 Å². The Kier molecular flexibility index (Phi) is 2.83. The normalized spacial score (nSPS) is 10.1. The van der Waals surface area contributed by atoms with Crippen LogP contribution in [0.2, 0.25) is 0 Å². The lowest BCUT2D eigenvalue weighted by Gasteiger charge is -2.04. The SMILES string of the molecule is Oc1ccc(O)c(Sc2ccccc2)c1. The van der Waals surface area contributed by atoms with Crippen molar-refractivity contribution in [2.75, 3.05) is 0 Å². The van der Waals surface area contributed by atoms with Crippen molar-refractivity contribution in [2.45, 2.75) is 9.79 Å². The molecule has 2 nitrogen and oxygen atoms in total. The fraction of sp³-hybridized carbons (Fsp3) is 0. The van der Waals surface area contributed by atoms with E-state index in [0.717, 1.165) is 4.90 Å². The average Bonchev–Trinajstić information content (AvgIpc) is 2.25. The summed E-state index contributed by atoms with van der Waals surface area (Å²) in [5, 5.41) is 18.9. The highest BCUT2D eigenvalue weighted by Crippen LogP contribution is 2.36. The van der Waals surface area contributed by atoms with Crippen LogP contribution in [0.5, 0.6) is 11.5 Å². The van der Waals surface area contributed by atoms with Crippen LogP contribution in [0, 0.1) is 0 Å². The number of aromatic hydroxyl groups is 2. The van der Waals surface area contributed by atoms with Gasteiger partial charge in [0.1, 0.15) is 11.5 Å². The monoisotopic (exact) mass is 218 g/mol. The lowest BCUT2D eigenvalue weighted by Crippen LogP contribution is -1.75. The van der Waals surface area contributed by atoms with Gasteiger partial charge in [-0.1, -0.05) is 30.0 Å². The molecule has 0 saturated carbocycles. The molecule has 2 rings (SSSR count). The third-order valence-corrected chi connectivity index (χ3v) is 2.97. The van der Waals surface area contributed by atoms with Crippen molar-refractivity contribution < 1.29 is 10.2 Å². The Morgan fingerprint density at radius 2 is 1.60 bits per heavy atom. The Morgan fingerprint density at radius 1 is 0.867 bits per heavy atom. The molecule has 0 heterocycles. The van der Waals surface area contributed by atoms with Crippen LogP contribution in [-0.4, -0.2) is 10.2 Å². The van der Waals surface area contributed by atoms with Crippen molar-refractivity contribution in [1.82, 2.24) is 0 Å². The zero-order valence-corrected chi connectivity index (χ0v) is 8.74. The molecule has 15 heavy (non-hydrogen) atoms. The number of hydrogen-bond acceptors (Lipinski definition) is 3. The molecule has 0 saturated heterocycles. The highest BCUT2D eigenvalue weighted by molar-refractivity contribution is 7.99. The Balaban J connectivity index is 2.28. The van der Waals surface area contributed by atoms with E-state index < -0.39 is 0 Å². The van der Waals surface area contributed by atoms with Gasteiger partial charge in [0.2, 0.25) is 0 Å². The number of phenolic OH excluding ortho intramolecular Hbond substituents is 2. The van der Waals surface area contributed by atoms with Gasteiger partial charge in [-0.25, -0.2) is 0 Å².